The Labute approximate surface area is 432 Å². The van der Waals surface area contributed by atoms with Crippen LogP contribution in [0.3, 0.4) is 0 Å². The molecule has 2 heterocycles. The number of nitrogens with one attached hydrogen (secondary N) is 4. The predicted molar refractivity (Wildman–Crippen MR) is 265 cm³/mol. The van der Waals surface area contributed by atoms with Gasteiger partial charge in [0, 0.05) is 60.5 Å². The van der Waals surface area contributed by atoms with Gasteiger partial charge in [-0.2, -0.15) is 0 Å². The first kappa shape index (κ1) is 58.9. The second-order valence-electron chi connectivity index (χ2n) is 16.6. The summed E-state index contributed by atoms with van der Waals surface area (Å²) in [5, 5.41) is 17.2. The zero-order valence-electron chi connectivity index (χ0n) is 40.4. The maximum absolute atomic E-state index is 12.9. The van der Waals surface area contributed by atoms with E-state index in [1.54, 1.807) is 50.5 Å². The number of nitrogens with zero attached hydrogens (tertiary/aromatic N) is 2. The number of esters is 1. The van der Waals surface area contributed by atoms with Crippen molar-refractivity contribution < 1.29 is 70.8 Å². The van der Waals surface area contributed by atoms with Gasteiger partial charge in [0.1, 0.15) is 0 Å². The molecule has 370 valence electrons. The van der Waals surface area contributed by atoms with E-state index in [2.05, 4.69) is 30.0 Å². The summed E-state index contributed by atoms with van der Waals surface area (Å²) in [5.74, 6) is -0.0910. The molecule has 6 rings (SSSR count). The molecular weight excluding hydrogens is 963 g/mol. The number of hydrogen-bond donors (Lipinski definition) is 5. The second-order valence-corrected chi connectivity index (χ2v) is 22.2. The van der Waals surface area contributed by atoms with Gasteiger partial charge in [0.25, 0.3) is 0 Å². The van der Waals surface area contributed by atoms with Crippen LogP contribution < -0.4 is 38.9 Å². The number of ether oxygens (including phenoxy) is 3. The number of carbonyl (C=O) groups is 3. The predicted octanol–water partition coefficient (Wildman–Crippen LogP) is 3.75. The van der Waals surface area contributed by atoms with Crippen molar-refractivity contribution in [1.29, 1.82) is 0 Å². The van der Waals surface area contributed by atoms with Crippen molar-refractivity contribution in [3.63, 3.8) is 0 Å². The van der Waals surface area contributed by atoms with Crippen LogP contribution in [0, 0.1) is 0 Å². The molecule has 0 spiro atoms. The van der Waals surface area contributed by atoms with E-state index in [0.29, 0.717) is 21.6 Å². The van der Waals surface area contributed by atoms with Gasteiger partial charge in [0.2, 0.25) is 20.0 Å². The molecule has 0 aliphatic heterocycles. The third-order valence-corrected chi connectivity index (χ3v) is 16.5. The molecule has 4 aromatic rings. The number of thiazole rings is 2. The molecule has 17 nitrogen and oxygen atoms in total. The fourth-order valence-corrected chi connectivity index (χ4v) is 12.8. The molecule has 0 saturated heterocycles. The van der Waals surface area contributed by atoms with Crippen molar-refractivity contribution in [2.45, 2.75) is 145 Å². The van der Waals surface area contributed by atoms with Crippen LogP contribution in [-0.2, 0) is 40.9 Å². The van der Waals surface area contributed by atoms with Crippen LogP contribution in [0.2, 0.25) is 0 Å². The van der Waals surface area contributed by atoms with E-state index in [4.69, 9.17) is 14.2 Å². The van der Waals surface area contributed by atoms with Crippen molar-refractivity contribution in [2.75, 3.05) is 20.2 Å². The zero-order valence-corrected chi connectivity index (χ0v) is 42.7. The van der Waals surface area contributed by atoms with E-state index in [-0.39, 0.29) is 121 Å². The van der Waals surface area contributed by atoms with Gasteiger partial charge in [-0.05, 0) is 103 Å². The topological polar surface area (TPSA) is 241 Å². The molecular formula is C45H66AlLiN6O11S4. The van der Waals surface area contributed by atoms with Gasteiger partial charge < -0.3 is 31.4 Å². The minimum Gasteiger partial charge on any atom is -1.00 e. The van der Waals surface area contributed by atoms with Crippen molar-refractivity contribution in [3.05, 3.63) is 69.9 Å². The molecule has 5 N–H and O–H groups in total. The molecule has 23 heteroatoms. The summed E-state index contributed by atoms with van der Waals surface area (Å²) < 4.78 is 71.3. The van der Waals surface area contributed by atoms with E-state index in [1.165, 1.54) is 41.9 Å². The van der Waals surface area contributed by atoms with Crippen LogP contribution in [0.25, 0.3) is 20.9 Å². The second kappa shape index (κ2) is 27.3. The summed E-state index contributed by atoms with van der Waals surface area (Å²) in [6, 6.07) is 9.66. The Balaban J connectivity index is 0.000000454. The molecule has 0 unspecified atom stereocenters. The van der Waals surface area contributed by atoms with Crippen LogP contribution >= 0.6 is 22.7 Å². The van der Waals surface area contributed by atoms with Gasteiger partial charge in [-0.15, -0.1) is 22.7 Å². The number of rotatable bonds is 16. The van der Waals surface area contributed by atoms with E-state index in [9.17, 15) is 36.3 Å². The number of hydrogen-bond acceptors (Lipinski definition) is 15. The first-order valence-electron chi connectivity index (χ1n) is 22.2. The molecule has 2 saturated carbocycles. The van der Waals surface area contributed by atoms with E-state index < -0.39 is 26.0 Å². The first-order chi connectivity index (χ1) is 31.4. The largest absolute Gasteiger partial charge is 1.00 e. The molecule has 2 amide bonds. The summed E-state index contributed by atoms with van der Waals surface area (Å²) in [4.78, 5) is 46.5. The van der Waals surface area contributed by atoms with E-state index in [0.717, 1.165) is 66.3 Å². The molecule has 0 radical (unpaired) electrons. The fraction of sp³-hybridized carbons (Fsp3) is 0.533. The van der Waals surface area contributed by atoms with Crippen LogP contribution in [-0.4, -0.2) is 112 Å². The fourth-order valence-electron chi connectivity index (χ4n) is 7.82. The average molecular weight is 1030 g/mol. The van der Waals surface area contributed by atoms with E-state index in [1.807, 2.05) is 27.7 Å². The van der Waals surface area contributed by atoms with E-state index >= 15 is 0 Å². The van der Waals surface area contributed by atoms with Crippen LogP contribution in [0.5, 0.6) is 0 Å². The normalized spacial score (nSPS) is 18.3. The number of aliphatic hydroxyl groups is 1. The summed E-state index contributed by atoms with van der Waals surface area (Å²) in [7, 11) is -6.28. The van der Waals surface area contributed by atoms with Crippen molar-refractivity contribution >= 4 is 78.2 Å². The minimum atomic E-state index is -3.83. The maximum Gasteiger partial charge on any atom is 1.00 e. The number of aromatic nitrogens is 2. The van der Waals surface area contributed by atoms with Gasteiger partial charge in [0.15, 0.2) is 17.4 Å². The van der Waals surface area contributed by atoms with Crippen molar-refractivity contribution in [3.8, 4) is 20.9 Å². The molecule has 2 aromatic carbocycles. The Bertz CT molecular complexity index is 2520. The van der Waals surface area contributed by atoms with Gasteiger partial charge in [0.05, 0.1) is 61.0 Å². The Kier molecular flexibility index (Phi) is 23.6. The molecule has 2 aliphatic carbocycles. The van der Waals surface area contributed by atoms with Crippen molar-refractivity contribution in [2.24, 2.45) is 0 Å². The molecule has 68 heavy (non-hydrogen) atoms. The molecule has 2 aliphatic rings. The number of carbonyl (C=O) groups excluding carboxylic acids is 3. The number of methoxy groups -OCH3 is 1. The zero-order chi connectivity index (χ0) is 48.2. The minimum absolute atomic E-state index is 0. The Morgan fingerprint density at radius 3 is 1.50 bits per heavy atom. The number of benzene rings is 2. The van der Waals surface area contributed by atoms with Gasteiger partial charge >= 0.3 is 37.0 Å². The Hall–Kier alpha value is -3.38. The van der Waals surface area contributed by atoms with Gasteiger partial charge in [-0.3, -0.25) is 0 Å². The summed E-state index contributed by atoms with van der Waals surface area (Å²) in [6.07, 6.45) is 9.19. The first-order valence-corrected chi connectivity index (χ1v) is 26.8. The van der Waals surface area contributed by atoms with Crippen LogP contribution in [0.15, 0.2) is 58.6 Å². The average Bonchev–Trinajstić information content (AvgIpc) is 3.98. The van der Waals surface area contributed by atoms with Crippen LogP contribution in [0.4, 0.5) is 9.59 Å². The summed E-state index contributed by atoms with van der Waals surface area (Å²) in [6.45, 7) is 11.0. The van der Waals surface area contributed by atoms with Crippen molar-refractivity contribution in [1.82, 2.24) is 30.0 Å². The standard InChI is InChI=1S/C23H31N3O6S2.C22H31N3O5S2.Al.Li.4H/c1-5-25-34(29,30)20-12-16(22(27)31-4)8-11-18(20)19-13-24-21(33-19)15-6-9-17(10-7-15)26-23(28)32-14(2)3;1-4-24-32(28,29)20-11-15(13-26)5-10-18(20)19-12-23-21(31-19)16-6-8-17(9-7-16)25-22(27)30-14(2)3;;;;;;/h8,11-15,17,25H,5-7,9-10H2,1-4H3,(H,26,28);5,10-12,14,16-17,24,26H,4,6-9,13H2,1-3H3,(H,25,27);;;;;;/q;;;+1;;;;-1. The molecule has 2 fully saturated rings. The third-order valence-electron chi connectivity index (χ3n) is 10.9. The number of sulfonamides is 2. The van der Waals surface area contributed by atoms with Crippen LogP contribution in [0.1, 0.15) is 132 Å². The number of amides is 2. The SMILES string of the molecule is CCNS(=O)(=O)c1cc(C(=O)OC)ccc1-c1cnc(C2CCC(NC(=O)OC(C)C)CC2)s1.CCNS(=O)(=O)c1cc(CO)ccc1-c1cnc(C2CCC(NC(=O)OC(C)C)CC2)s1.[AlH3].[H-].[Li+]. The quantitative estimate of drug-likeness (QED) is 0.0612. The summed E-state index contributed by atoms with van der Waals surface area (Å²) >= 11 is 2.95. The number of alkyl carbamates (subject to hydrolysis) is 2. The Morgan fingerprint density at radius 2 is 1.12 bits per heavy atom. The molecule has 2 aromatic heterocycles. The maximum atomic E-state index is 12.9. The third kappa shape index (κ3) is 16.3. The summed E-state index contributed by atoms with van der Waals surface area (Å²) in [5.41, 5.74) is 1.77. The van der Waals surface area contributed by atoms with Gasteiger partial charge in [-0.25, -0.2) is 50.6 Å². The number of aliphatic hydroxyl groups excluding tert-OH is 1. The molecule has 0 bridgehead atoms. The Morgan fingerprint density at radius 1 is 0.706 bits per heavy atom. The monoisotopic (exact) mass is 1030 g/mol. The molecule has 0 atom stereocenters. The van der Waals surface area contributed by atoms with Gasteiger partial charge in [-0.1, -0.05) is 32.0 Å². The smallest absolute Gasteiger partial charge is 1.00 e.